The molecule has 1 aromatic heterocycles. The lowest BCUT2D eigenvalue weighted by molar-refractivity contribution is 0.0677. The third-order valence-corrected chi connectivity index (χ3v) is 2.79. The van der Waals surface area contributed by atoms with Crippen LogP contribution in [0.25, 0.3) is 11.3 Å². The fraction of sp³-hybridized carbons (Fsp3) is 0.0833. The van der Waals surface area contributed by atoms with E-state index in [0.29, 0.717) is 10.8 Å². The lowest BCUT2D eigenvalue weighted by atomic mass is 10.1. The average Bonchev–Trinajstić information content (AvgIpc) is 2.81. The molecule has 17 heavy (non-hydrogen) atoms. The van der Waals surface area contributed by atoms with E-state index in [0.717, 1.165) is 11.1 Å². The predicted molar refractivity (Wildman–Crippen MR) is 63.1 cm³/mol. The molecule has 0 saturated carbocycles. The van der Waals surface area contributed by atoms with Crippen molar-refractivity contribution in [3.8, 4) is 11.3 Å². The van der Waals surface area contributed by atoms with E-state index in [-0.39, 0.29) is 5.76 Å². The third-order valence-electron chi connectivity index (χ3n) is 2.39. The summed E-state index contributed by atoms with van der Waals surface area (Å²) in [7, 11) is 0. The topological polar surface area (TPSA) is 62.5 Å². The lowest BCUT2D eigenvalue weighted by Crippen LogP contribution is -2.17. The van der Waals surface area contributed by atoms with E-state index in [1.165, 1.54) is 11.5 Å². The molecule has 0 atom stereocenters. The Balaban J connectivity index is 2.37. The van der Waals surface area contributed by atoms with Gasteiger partial charge in [0.1, 0.15) is 5.76 Å². The normalized spacial score (nSPS) is 10.3. The van der Waals surface area contributed by atoms with Crippen LogP contribution in [-0.2, 0) is 0 Å². The van der Waals surface area contributed by atoms with Gasteiger partial charge in [-0.1, -0.05) is 23.7 Å². The molecule has 2 aromatic rings. The number of hydrogen-bond donors (Lipinski definition) is 2. The molecule has 0 aliphatic rings. The van der Waals surface area contributed by atoms with Crippen molar-refractivity contribution < 1.29 is 14.4 Å². The van der Waals surface area contributed by atoms with E-state index in [4.69, 9.17) is 21.2 Å². The minimum absolute atomic E-state index is 0.0409. The molecule has 2 rings (SSSR count). The maximum atomic E-state index is 11.1. The molecule has 1 heterocycles. The van der Waals surface area contributed by atoms with E-state index >= 15 is 0 Å². The number of amides is 1. The molecule has 0 aliphatic heterocycles. The van der Waals surface area contributed by atoms with Crippen LogP contribution in [-0.4, -0.2) is 11.1 Å². The minimum atomic E-state index is -0.686. The monoisotopic (exact) mass is 251 g/mol. The van der Waals surface area contributed by atoms with Gasteiger partial charge < -0.3 is 4.42 Å². The Morgan fingerprint density at radius 2 is 2.12 bits per heavy atom. The summed E-state index contributed by atoms with van der Waals surface area (Å²) < 4.78 is 5.29. The molecule has 0 unspecified atom stereocenters. The molecular weight excluding hydrogens is 242 g/mol. The van der Waals surface area contributed by atoms with E-state index < -0.39 is 5.91 Å². The van der Waals surface area contributed by atoms with Crippen molar-refractivity contribution in [1.82, 2.24) is 5.48 Å². The van der Waals surface area contributed by atoms with Crippen LogP contribution in [0.1, 0.15) is 16.1 Å². The standard InChI is InChI=1S/C12H10ClNO3/c1-7-2-3-8(6-9(7)13)10-4-5-11(17-10)12(15)14-16/h2-6,16H,1H3,(H,14,15). The fourth-order valence-corrected chi connectivity index (χ4v) is 1.60. The molecule has 1 aromatic carbocycles. The maximum Gasteiger partial charge on any atom is 0.310 e. The van der Waals surface area contributed by atoms with Crippen LogP contribution in [0.5, 0.6) is 0 Å². The Morgan fingerprint density at radius 3 is 2.76 bits per heavy atom. The molecule has 5 heteroatoms. The molecule has 2 N–H and O–H groups in total. The first-order valence-corrected chi connectivity index (χ1v) is 5.30. The maximum absolute atomic E-state index is 11.1. The minimum Gasteiger partial charge on any atom is -0.451 e. The largest absolute Gasteiger partial charge is 0.451 e. The van der Waals surface area contributed by atoms with Crippen LogP contribution < -0.4 is 5.48 Å². The van der Waals surface area contributed by atoms with Crippen LogP contribution in [0.4, 0.5) is 0 Å². The van der Waals surface area contributed by atoms with Crippen molar-refractivity contribution in [2.45, 2.75) is 6.92 Å². The molecule has 0 spiro atoms. The van der Waals surface area contributed by atoms with Crippen molar-refractivity contribution in [2.75, 3.05) is 0 Å². The summed E-state index contributed by atoms with van der Waals surface area (Å²) >= 11 is 6.00. The van der Waals surface area contributed by atoms with Crippen molar-refractivity contribution in [2.24, 2.45) is 0 Å². The molecular formula is C12H10ClNO3. The first-order chi connectivity index (χ1) is 8.11. The Labute approximate surface area is 103 Å². The van der Waals surface area contributed by atoms with E-state index in [9.17, 15) is 4.79 Å². The fourth-order valence-electron chi connectivity index (χ4n) is 1.42. The third kappa shape index (κ3) is 2.33. The number of aryl methyl sites for hydroxylation is 1. The molecule has 0 saturated heterocycles. The molecule has 0 fully saturated rings. The summed E-state index contributed by atoms with van der Waals surface area (Å²) in [5.74, 6) is -0.126. The number of halogens is 1. The van der Waals surface area contributed by atoms with Gasteiger partial charge in [0, 0.05) is 10.6 Å². The molecule has 4 nitrogen and oxygen atoms in total. The van der Waals surface area contributed by atoms with Gasteiger partial charge >= 0.3 is 5.91 Å². The number of nitrogens with one attached hydrogen (secondary N) is 1. The SMILES string of the molecule is Cc1ccc(-c2ccc(C(=O)NO)o2)cc1Cl. The summed E-state index contributed by atoms with van der Waals surface area (Å²) in [4.78, 5) is 11.1. The highest BCUT2D eigenvalue weighted by Crippen LogP contribution is 2.26. The number of hydroxylamine groups is 1. The Hall–Kier alpha value is -1.78. The molecule has 0 aliphatic carbocycles. The van der Waals surface area contributed by atoms with Crippen molar-refractivity contribution >= 4 is 17.5 Å². The van der Waals surface area contributed by atoms with Crippen LogP contribution in [0, 0.1) is 6.92 Å². The summed E-state index contributed by atoms with van der Waals surface area (Å²) in [6, 6.07) is 8.60. The first-order valence-electron chi connectivity index (χ1n) is 4.92. The number of hydrogen-bond acceptors (Lipinski definition) is 3. The number of furan rings is 1. The lowest BCUT2D eigenvalue weighted by Gasteiger charge is -2.01. The second-order valence-electron chi connectivity index (χ2n) is 3.57. The van der Waals surface area contributed by atoms with Crippen LogP contribution >= 0.6 is 11.6 Å². The molecule has 88 valence electrons. The summed E-state index contributed by atoms with van der Waals surface area (Å²) in [6.07, 6.45) is 0. The highest BCUT2D eigenvalue weighted by atomic mass is 35.5. The van der Waals surface area contributed by atoms with Crippen molar-refractivity contribution in [3.05, 3.63) is 46.7 Å². The Kier molecular flexibility index (Phi) is 3.17. The molecule has 0 radical (unpaired) electrons. The van der Waals surface area contributed by atoms with Gasteiger partial charge in [-0.25, -0.2) is 5.48 Å². The first kappa shape index (κ1) is 11.7. The van der Waals surface area contributed by atoms with Gasteiger partial charge in [-0.15, -0.1) is 0 Å². The van der Waals surface area contributed by atoms with Crippen LogP contribution in [0.3, 0.4) is 0 Å². The predicted octanol–water partition coefficient (Wildman–Crippen LogP) is 3.03. The van der Waals surface area contributed by atoms with E-state index in [1.54, 1.807) is 12.1 Å². The Bertz CT molecular complexity index is 563. The van der Waals surface area contributed by atoms with Gasteiger partial charge in [0.05, 0.1) is 0 Å². The number of rotatable bonds is 2. The number of carbonyl (C=O) groups excluding carboxylic acids is 1. The van der Waals surface area contributed by atoms with Crippen molar-refractivity contribution in [1.29, 1.82) is 0 Å². The second-order valence-corrected chi connectivity index (χ2v) is 3.98. The average molecular weight is 252 g/mol. The highest BCUT2D eigenvalue weighted by Gasteiger charge is 2.11. The van der Waals surface area contributed by atoms with E-state index in [2.05, 4.69) is 0 Å². The summed E-state index contributed by atoms with van der Waals surface area (Å²) in [5.41, 5.74) is 3.25. The van der Waals surface area contributed by atoms with Gasteiger partial charge in [-0.3, -0.25) is 10.0 Å². The smallest absolute Gasteiger partial charge is 0.310 e. The van der Waals surface area contributed by atoms with Gasteiger partial charge in [0.15, 0.2) is 5.76 Å². The number of benzene rings is 1. The zero-order valence-electron chi connectivity index (χ0n) is 9.03. The second kappa shape index (κ2) is 4.61. The number of carbonyl (C=O) groups is 1. The van der Waals surface area contributed by atoms with Crippen molar-refractivity contribution in [3.63, 3.8) is 0 Å². The van der Waals surface area contributed by atoms with Crippen LogP contribution in [0.15, 0.2) is 34.7 Å². The molecule has 0 bridgehead atoms. The van der Waals surface area contributed by atoms with Crippen LogP contribution in [0.2, 0.25) is 5.02 Å². The van der Waals surface area contributed by atoms with Gasteiger partial charge in [-0.2, -0.15) is 0 Å². The summed E-state index contributed by atoms with van der Waals surface area (Å²) in [5, 5.41) is 9.10. The quantitative estimate of drug-likeness (QED) is 0.637. The molecule has 1 amide bonds. The van der Waals surface area contributed by atoms with Gasteiger partial charge in [0.25, 0.3) is 0 Å². The van der Waals surface area contributed by atoms with E-state index in [1.807, 2.05) is 19.1 Å². The summed E-state index contributed by atoms with van der Waals surface area (Å²) in [6.45, 7) is 1.90. The Morgan fingerprint density at radius 1 is 1.35 bits per heavy atom. The van der Waals surface area contributed by atoms with Gasteiger partial charge in [0.2, 0.25) is 0 Å². The van der Waals surface area contributed by atoms with Gasteiger partial charge in [-0.05, 0) is 30.7 Å². The zero-order chi connectivity index (χ0) is 12.4. The zero-order valence-corrected chi connectivity index (χ0v) is 9.78. The highest BCUT2D eigenvalue weighted by molar-refractivity contribution is 6.31.